The molecule has 1 aromatic carbocycles. The Kier molecular flexibility index (Phi) is 3.78. The number of hydrogen-bond donors (Lipinski definition) is 1. The van der Waals surface area contributed by atoms with E-state index in [1.807, 2.05) is 35.0 Å². The molecule has 0 bridgehead atoms. The summed E-state index contributed by atoms with van der Waals surface area (Å²) in [6.07, 6.45) is 3.68. The van der Waals surface area contributed by atoms with Crippen molar-refractivity contribution in [3.8, 4) is 28.4 Å². The Bertz CT molecular complexity index is 872. The number of pyridine rings is 1. The minimum absolute atomic E-state index is 0.0470. The summed E-state index contributed by atoms with van der Waals surface area (Å²) in [6, 6.07) is 12.0. The fourth-order valence-corrected chi connectivity index (χ4v) is 3.38. The largest absolute Gasteiger partial charge is 0.497 e. The molecule has 0 spiro atoms. The lowest BCUT2D eigenvalue weighted by molar-refractivity contribution is 0.270. The first kappa shape index (κ1) is 14.9. The van der Waals surface area contributed by atoms with Crippen LogP contribution in [0.4, 0.5) is 0 Å². The Morgan fingerprint density at radius 1 is 1.21 bits per heavy atom. The number of aryl methyl sites for hydroxylation is 1. The summed E-state index contributed by atoms with van der Waals surface area (Å²) in [7, 11) is 1.68. The van der Waals surface area contributed by atoms with Crippen molar-refractivity contribution in [1.29, 1.82) is 0 Å². The summed E-state index contributed by atoms with van der Waals surface area (Å²) in [5, 5.41) is 14.2. The van der Waals surface area contributed by atoms with Gasteiger partial charge < -0.3 is 9.84 Å². The van der Waals surface area contributed by atoms with E-state index >= 15 is 0 Å². The molecular weight excluding hydrogens is 302 g/mol. The third kappa shape index (κ3) is 2.37. The van der Waals surface area contributed by atoms with Gasteiger partial charge in [-0.05, 0) is 42.7 Å². The van der Waals surface area contributed by atoms with Crippen LogP contribution in [0.15, 0.2) is 42.6 Å². The van der Waals surface area contributed by atoms with Crippen LogP contribution in [0.25, 0.3) is 22.6 Å². The molecule has 0 saturated carbocycles. The van der Waals surface area contributed by atoms with Crippen LogP contribution in [0.3, 0.4) is 0 Å². The van der Waals surface area contributed by atoms with E-state index < -0.39 is 0 Å². The summed E-state index contributed by atoms with van der Waals surface area (Å²) in [5.41, 5.74) is 6.47. The number of benzene rings is 1. The van der Waals surface area contributed by atoms with Crippen LogP contribution in [0, 0.1) is 0 Å². The highest BCUT2D eigenvalue weighted by Gasteiger charge is 2.26. The van der Waals surface area contributed by atoms with Gasteiger partial charge in [0.15, 0.2) is 0 Å². The van der Waals surface area contributed by atoms with Gasteiger partial charge in [0.2, 0.25) is 0 Å². The second-order valence-electron chi connectivity index (χ2n) is 5.86. The number of methoxy groups -OCH3 is 1. The number of aliphatic hydroxyl groups excluding tert-OH is 1. The van der Waals surface area contributed by atoms with Gasteiger partial charge in [-0.2, -0.15) is 5.10 Å². The third-order valence-electron chi connectivity index (χ3n) is 4.49. The quantitative estimate of drug-likeness (QED) is 0.802. The van der Waals surface area contributed by atoms with Crippen molar-refractivity contribution < 1.29 is 9.84 Å². The van der Waals surface area contributed by atoms with E-state index in [0.717, 1.165) is 41.2 Å². The van der Waals surface area contributed by atoms with E-state index in [4.69, 9.17) is 9.84 Å². The molecule has 122 valence electrons. The van der Waals surface area contributed by atoms with Crippen molar-refractivity contribution in [2.24, 2.45) is 0 Å². The highest BCUT2D eigenvalue weighted by molar-refractivity contribution is 5.77. The molecule has 5 nitrogen and oxygen atoms in total. The topological polar surface area (TPSA) is 60.2 Å². The Hall–Kier alpha value is -2.66. The SMILES string of the molecule is COc1ccc2c(c1)-c1nn(CCO)c(-c3ccccn3)c1CC2. The van der Waals surface area contributed by atoms with Gasteiger partial charge in [-0.1, -0.05) is 12.1 Å². The summed E-state index contributed by atoms with van der Waals surface area (Å²) in [6.45, 7) is 0.504. The van der Waals surface area contributed by atoms with E-state index in [9.17, 15) is 5.11 Å². The molecule has 0 radical (unpaired) electrons. The smallest absolute Gasteiger partial charge is 0.119 e. The number of hydrogen-bond acceptors (Lipinski definition) is 4. The zero-order valence-corrected chi connectivity index (χ0v) is 13.6. The molecule has 2 aromatic heterocycles. The van der Waals surface area contributed by atoms with Crippen molar-refractivity contribution in [1.82, 2.24) is 14.8 Å². The summed E-state index contributed by atoms with van der Waals surface area (Å²) >= 11 is 0. The molecule has 0 atom stereocenters. The molecule has 0 unspecified atom stereocenters. The molecule has 2 heterocycles. The molecule has 0 aliphatic heterocycles. The standard InChI is InChI=1S/C19H19N3O2/c1-24-14-7-5-13-6-8-15-18(16(13)12-14)21-22(10-11-23)19(15)17-4-2-3-9-20-17/h2-5,7,9,12,23H,6,8,10-11H2,1H3. The number of ether oxygens (including phenoxy) is 1. The van der Waals surface area contributed by atoms with Gasteiger partial charge >= 0.3 is 0 Å². The van der Waals surface area contributed by atoms with Crippen LogP contribution in [0.2, 0.25) is 0 Å². The maximum atomic E-state index is 9.43. The number of rotatable bonds is 4. The monoisotopic (exact) mass is 321 g/mol. The number of aliphatic hydroxyl groups is 1. The van der Waals surface area contributed by atoms with Crippen LogP contribution in [0.5, 0.6) is 5.75 Å². The van der Waals surface area contributed by atoms with Crippen LogP contribution < -0.4 is 4.74 Å². The molecule has 4 rings (SSSR count). The van der Waals surface area contributed by atoms with Gasteiger partial charge in [-0.25, -0.2) is 0 Å². The summed E-state index contributed by atoms with van der Waals surface area (Å²) in [4.78, 5) is 4.49. The maximum absolute atomic E-state index is 9.43. The van der Waals surface area contributed by atoms with Crippen LogP contribution in [-0.2, 0) is 19.4 Å². The number of fused-ring (bicyclic) bond motifs is 3. The van der Waals surface area contributed by atoms with Gasteiger partial charge in [0, 0.05) is 17.3 Å². The third-order valence-corrected chi connectivity index (χ3v) is 4.49. The highest BCUT2D eigenvalue weighted by atomic mass is 16.5. The van der Waals surface area contributed by atoms with Gasteiger partial charge in [0.25, 0.3) is 0 Å². The first-order valence-corrected chi connectivity index (χ1v) is 8.11. The zero-order valence-electron chi connectivity index (χ0n) is 13.6. The van der Waals surface area contributed by atoms with Gasteiger partial charge in [-0.15, -0.1) is 0 Å². The van der Waals surface area contributed by atoms with Crippen molar-refractivity contribution in [3.63, 3.8) is 0 Å². The van der Waals surface area contributed by atoms with Crippen molar-refractivity contribution >= 4 is 0 Å². The van der Waals surface area contributed by atoms with E-state index in [1.165, 1.54) is 11.1 Å². The van der Waals surface area contributed by atoms with E-state index in [-0.39, 0.29) is 6.61 Å². The first-order valence-electron chi connectivity index (χ1n) is 8.11. The molecule has 0 saturated heterocycles. The molecule has 0 amide bonds. The molecular formula is C19H19N3O2. The molecule has 3 aromatic rings. The average Bonchev–Trinajstić information content (AvgIpc) is 3.01. The first-order chi connectivity index (χ1) is 11.8. The number of nitrogens with zero attached hydrogens (tertiary/aromatic N) is 3. The summed E-state index contributed by atoms with van der Waals surface area (Å²) < 4.78 is 7.25. The maximum Gasteiger partial charge on any atom is 0.119 e. The van der Waals surface area contributed by atoms with Crippen LogP contribution in [-0.4, -0.2) is 33.6 Å². The normalized spacial score (nSPS) is 12.6. The Labute approximate surface area is 140 Å². The van der Waals surface area contributed by atoms with Crippen molar-refractivity contribution in [2.75, 3.05) is 13.7 Å². The lowest BCUT2D eigenvalue weighted by atomic mass is 9.88. The predicted octanol–water partition coefficient (Wildman–Crippen LogP) is 2.71. The lowest BCUT2D eigenvalue weighted by Gasteiger charge is -2.17. The molecule has 5 heteroatoms. The van der Waals surface area contributed by atoms with E-state index in [0.29, 0.717) is 6.54 Å². The van der Waals surface area contributed by atoms with E-state index in [1.54, 1.807) is 13.3 Å². The van der Waals surface area contributed by atoms with Gasteiger partial charge in [0.1, 0.15) is 5.75 Å². The van der Waals surface area contributed by atoms with Crippen molar-refractivity contribution in [2.45, 2.75) is 19.4 Å². The lowest BCUT2D eigenvalue weighted by Crippen LogP contribution is -2.07. The predicted molar refractivity (Wildman–Crippen MR) is 91.9 cm³/mol. The molecule has 0 fully saturated rings. The fourth-order valence-electron chi connectivity index (χ4n) is 3.38. The fraction of sp³-hybridized carbons (Fsp3) is 0.263. The highest BCUT2D eigenvalue weighted by Crippen LogP contribution is 2.39. The minimum Gasteiger partial charge on any atom is -0.497 e. The Balaban J connectivity index is 1.93. The minimum atomic E-state index is 0.0470. The molecule has 1 N–H and O–H groups in total. The second kappa shape index (κ2) is 6.09. The Morgan fingerprint density at radius 3 is 2.88 bits per heavy atom. The van der Waals surface area contributed by atoms with Gasteiger partial charge in [-0.3, -0.25) is 9.67 Å². The second-order valence-corrected chi connectivity index (χ2v) is 5.86. The van der Waals surface area contributed by atoms with Crippen molar-refractivity contribution in [3.05, 3.63) is 53.7 Å². The van der Waals surface area contributed by atoms with Crippen LogP contribution >= 0.6 is 0 Å². The van der Waals surface area contributed by atoms with Crippen LogP contribution in [0.1, 0.15) is 11.1 Å². The van der Waals surface area contributed by atoms with Gasteiger partial charge in [0.05, 0.1) is 37.3 Å². The molecule has 24 heavy (non-hydrogen) atoms. The summed E-state index contributed by atoms with van der Waals surface area (Å²) in [5.74, 6) is 0.831. The Morgan fingerprint density at radius 2 is 2.12 bits per heavy atom. The molecule has 1 aliphatic carbocycles. The van der Waals surface area contributed by atoms with E-state index in [2.05, 4.69) is 11.1 Å². The number of aromatic nitrogens is 3. The zero-order chi connectivity index (χ0) is 16.5. The average molecular weight is 321 g/mol. The molecule has 1 aliphatic rings.